The van der Waals surface area contributed by atoms with E-state index in [1.54, 1.807) is 29.0 Å². The molecule has 0 bridgehead atoms. The molecule has 0 N–H and O–H groups in total. The average Bonchev–Trinajstić information content (AvgIpc) is 2.75. The summed E-state index contributed by atoms with van der Waals surface area (Å²) >= 11 is 9.49. The molecule has 96 valence electrons. The number of halogens is 2. The van der Waals surface area contributed by atoms with Crippen molar-refractivity contribution in [1.82, 2.24) is 14.6 Å². The molecule has 2 heterocycles. The first kappa shape index (κ1) is 12.4. The Kier molecular flexibility index (Phi) is 3.16. The van der Waals surface area contributed by atoms with Gasteiger partial charge in [-0.2, -0.15) is 5.10 Å². The third kappa shape index (κ3) is 2.43. The molecule has 0 saturated carbocycles. The predicted molar refractivity (Wildman–Crippen MR) is 77.0 cm³/mol. The van der Waals surface area contributed by atoms with Crippen molar-refractivity contribution < 1.29 is 4.74 Å². The monoisotopic (exact) mass is 337 g/mol. The summed E-state index contributed by atoms with van der Waals surface area (Å²) in [6, 6.07) is 7.33. The fourth-order valence-electron chi connectivity index (χ4n) is 1.76. The molecule has 0 aliphatic carbocycles. The summed E-state index contributed by atoms with van der Waals surface area (Å²) in [7, 11) is 0. The van der Waals surface area contributed by atoms with Crippen LogP contribution >= 0.6 is 27.5 Å². The van der Waals surface area contributed by atoms with E-state index in [-0.39, 0.29) is 0 Å². The average molecular weight is 339 g/mol. The van der Waals surface area contributed by atoms with E-state index in [0.717, 1.165) is 15.7 Å². The molecular formula is C13H9BrClN3O. The topological polar surface area (TPSA) is 39.4 Å². The molecule has 0 aliphatic rings. The van der Waals surface area contributed by atoms with E-state index in [9.17, 15) is 0 Å². The van der Waals surface area contributed by atoms with Crippen LogP contribution in [0.3, 0.4) is 0 Å². The van der Waals surface area contributed by atoms with Gasteiger partial charge in [-0.15, -0.1) is 0 Å². The van der Waals surface area contributed by atoms with Crippen LogP contribution in [-0.2, 0) is 0 Å². The van der Waals surface area contributed by atoms with Crippen molar-refractivity contribution in [2.45, 2.75) is 6.92 Å². The Morgan fingerprint density at radius 3 is 3.00 bits per heavy atom. The van der Waals surface area contributed by atoms with Crippen molar-refractivity contribution in [3.8, 4) is 11.6 Å². The molecule has 0 saturated heterocycles. The number of ether oxygens (including phenoxy) is 1. The van der Waals surface area contributed by atoms with Gasteiger partial charge in [0.25, 0.3) is 0 Å². The normalized spacial score (nSPS) is 10.9. The number of nitrogens with zero attached hydrogens (tertiary/aromatic N) is 3. The standard InChI is InChI=1S/C13H9BrClN3O/c1-8-6-11-13(16-4-5-18(11)17-8)19-12-7-9(14)2-3-10(12)15/h2-7H,1H3. The van der Waals surface area contributed by atoms with E-state index >= 15 is 0 Å². The van der Waals surface area contributed by atoms with Gasteiger partial charge in [0, 0.05) is 16.9 Å². The third-order valence-electron chi connectivity index (χ3n) is 2.58. The second kappa shape index (κ2) is 4.83. The highest BCUT2D eigenvalue weighted by molar-refractivity contribution is 9.10. The Morgan fingerprint density at radius 2 is 2.16 bits per heavy atom. The van der Waals surface area contributed by atoms with Gasteiger partial charge in [-0.25, -0.2) is 9.50 Å². The van der Waals surface area contributed by atoms with Crippen LogP contribution in [0.4, 0.5) is 0 Å². The quantitative estimate of drug-likeness (QED) is 0.701. The molecule has 0 atom stereocenters. The predicted octanol–water partition coefficient (Wildman–Crippen LogP) is 4.25. The van der Waals surface area contributed by atoms with Crippen molar-refractivity contribution in [1.29, 1.82) is 0 Å². The lowest BCUT2D eigenvalue weighted by Gasteiger charge is -2.07. The van der Waals surface area contributed by atoms with Crippen LogP contribution in [0.5, 0.6) is 11.6 Å². The fourth-order valence-corrected chi connectivity index (χ4v) is 2.25. The van der Waals surface area contributed by atoms with E-state index in [0.29, 0.717) is 16.7 Å². The van der Waals surface area contributed by atoms with Crippen molar-refractivity contribution in [3.63, 3.8) is 0 Å². The summed E-state index contributed by atoms with van der Waals surface area (Å²) in [5, 5.41) is 4.84. The fraction of sp³-hybridized carbons (Fsp3) is 0.0769. The lowest BCUT2D eigenvalue weighted by atomic mass is 10.3. The van der Waals surface area contributed by atoms with Crippen LogP contribution in [0.1, 0.15) is 5.69 Å². The van der Waals surface area contributed by atoms with Gasteiger partial charge in [0.2, 0.25) is 5.88 Å². The van der Waals surface area contributed by atoms with E-state index < -0.39 is 0 Å². The van der Waals surface area contributed by atoms with Gasteiger partial charge in [0.05, 0.1) is 10.7 Å². The zero-order chi connectivity index (χ0) is 13.4. The number of fused-ring (bicyclic) bond motifs is 1. The van der Waals surface area contributed by atoms with Crippen molar-refractivity contribution in [2.75, 3.05) is 0 Å². The maximum Gasteiger partial charge on any atom is 0.245 e. The number of rotatable bonds is 2. The lowest BCUT2D eigenvalue weighted by molar-refractivity contribution is 0.465. The molecule has 3 aromatic rings. The first-order chi connectivity index (χ1) is 9.13. The zero-order valence-corrected chi connectivity index (χ0v) is 12.3. The van der Waals surface area contributed by atoms with Gasteiger partial charge in [-0.1, -0.05) is 27.5 Å². The van der Waals surface area contributed by atoms with Crippen molar-refractivity contribution in [3.05, 3.63) is 51.8 Å². The van der Waals surface area contributed by atoms with E-state index in [4.69, 9.17) is 16.3 Å². The van der Waals surface area contributed by atoms with Gasteiger partial charge < -0.3 is 4.74 Å². The maximum absolute atomic E-state index is 6.11. The number of hydrogen-bond donors (Lipinski definition) is 0. The van der Waals surface area contributed by atoms with Crippen LogP contribution in [0, 0.1) is 6.92 Å². The Balaban J connectivity index is 2.08. The minimum Gasteiger partial charge on any atom is -0.435 e. The van der Waals surface area contributed by atoms with Crippen molar-refractivity contribution >= 4 is 33.0 Å². The minimum absolute atomic E-state index is 0.475. The van der Waals surface area contributed by atoms with Crippen LogP contribution < -0.4 is 4.74 Å². The van der Waals surface area contributed by atoms with E-state index in [2.05, 4.69) is 26.0 Å². The largest absolute Gasteiger partial charge is 0.435 e. The summed E-state index contributed by atoms with van der Waals surface area (Å²) in [6.45, 7) is 1.92. The molecule has 0 spiro atoms. The molecule has 0 unspecified atom stereocenters. The third-order valence-corrected chi connectivity index (χ3v) is 3.38. The Labute approximate surface area is 123 Å². The number of aryl methyl sites for hydroxylation is 1. The minimum atomic E-state index is 0.475. The molecule has 2 aromatic heterocycles. The highest BCUT2D eigenvalue weighted by atomic mass is 79.9. The van der Waals surface area contributed by atoms with Gasteiger partial charge in [0.15, 0.2) is 0 Å². The van der Waals surface area contributed by atoms with Crippen LogP contribution in [-0.4, -0.2) is 14.6 Å². The lowest BCUT2D eigenvalue weighted by Crippen LogP contribution is -1.94. The number of hydrogen-bond acceptors (Lipinski definition) is 3. The smallest absolute Gasteiger partial charge is 0.245 e. The van der Waals surface area contributed by atoms with Crippen LogP contribution in [0.15, 0.2) is 41.1 Å². The number of benzene rings is 1. The summed E-state index contributed by atoms with van der Waals surface area (Å²) in [5.41, 5.74) is 1.70. The van der Waals surface area contributed by atoms with Gasteiger partial charge in [0.1, 0.15) is 11.3 Å². The molecular weight excluding hydrogens is 330 g/mol. The first-order valence-corrected chi connectivity index (χ1v) is 6.74. The SMILES string of the molecule is Cc1cc2c(Oc3cc(Br)ccc3Cl)nccn2n1. The molecule has 4 nitrogen and oxygen atoms in total. The molecule has 0 fully saturated rings. The Bertz CT molecular complexity index is 757. The number of aromatic nitrogens is 3. The van der Waals surface area contributed by atoms with Crippen LogP contribution in [0.25, 0.3) is 5.52 Å². The summed E-state index contributed by atoms with van der Waals surface area (Å²) in [4.78, 5) is 4.23. The van der Waals surface area contributed by atoms with Gasteiger partial charge in [-0.3, -0.25) is 0 Å². The summed E-state index contributed by atoms with van der Waals surface area (Å²) < 4.78 is 8.40. The highest BCUT2D eigenvalue weighted by Crippen LogP contribution is 2.32. The first-order valence-electron chi connectivity index (χ1n) is 5.57. The van der Waals surface area contributed by atoms with E-state index in [1.807, 2.05) is 19.1 Å². The zero-order valence-electron chi connectivity index (χ0n) is 9.97. The van der Waals surface area contributed by atoms with Crippen molar-refractivity contribution in [2.24, 2.45) is 0 Å². The van der Waals surface area contributed by atoms with Crippen LogP contribution in [0.2, 0.25) is 5.02 Å². The second-order valence-corrected chi connectivity index (χ2v) is 5.35. The summed E-state index contributed by atoms with van der Waals surface area (Å²) in [6.07, 6.45) is 3.42. The molecule has 0 radical (unpaired) electrons. The molecule has 19 heavy (non-hydrogen) atoms. The molecule has 0 aliphatic heterocycles. The summed E-state index contributed by atoms with van der Waals surface area (Å²) in [5.74, 6) is 1.03. The van der Waals surface area contributed by atoms with Gasteiger partial charge >= 0.3 is 0 Å². The molecule has 0 amide bonds. The molecule has 3 rings (SSSR count). The molecule has 6 heteroatoms. The Morgan fingerprint density at radius 1 is 1.32 bits per heavy atom. The van der Waals surface area contributed by atoms with Gasteiger partial charge in [-0.05, 0) is 31.2 Å². The Hall–Kier alpha value is -1.59. The molecule has 1 aromatic carbocycles. The second-order valence-electron chi connectivity index (χ2n) is 4.02. The highest BCUT2D eigenvalue weighted by Gasteiger charge is 2.10. The van der Waals surface area contributed by atoms with E-state index in [1.165, 1.54) is 0 Å². The maximum atomic E-state index is 6.11.